The molecule has 0 spiro atoms. The van der Waals surface area contributed by atoms with E-state index in [-0.39, 0.29) is 12.5 Å². The Morgan fingerprint density at radius 2 is 2.14 bits per heavy atom. The van der Waals surface area contributed by atoms with E-state index in [0.29, 0.717) is 22.6 Å². The van der Waals surface area contributed by atoms with Crippen LogP contribution < -0.4 is 14.9 Å². The molecular formula is C21H21N5O3. The Kier molecular flexibility index (Phi) is 6.09. The van der Waals surface area contributed by atoms with E-state index in [1.165, 1.54) is 13.3 Å². The standard InChI is InChI=1S/C21H21N5O3/c1-4-26-14(2)24-17-12-16(6-7-18(17)26)21(27)25-23-13-15-5-8-19(29-10-9-22)20(11-15)28-3/h5-8,11-13H,4,10H2,1-3H3,(H,25,27)/b23-13+. The quantitative estimate of drug-likeness (QED) is 0.493. The Bertz CT molecular complexity index is 1110. The van der Waals surface area contributed by atoms with Crippen molar-refractivity contribution in [1.29, 1.82) is 5.26 Å². The molecule has 0 saturated carbocycles. The average Bonchev–Trinajstić information content (AvgIpc) is 3.06. The lowest BCUT2D eigenvalue weighted by Crippen LogP contribution is -2.17. The predicted octanol–water partition coefficient (Wildman–Crippen LogP) is 3.04. The number of nitriles is 1. The van der Waals surface area contributed by atoms with Gasteiger partial charge in [0.2, 0.25) is 0 Å². The number of hydrogen-bond donors (Lipinski definition) is 1. The summed E-state index contributed by atoms with van der Waals surface area (Å²) in [4.78, 5) is 16.9. The molecule has 0 radical (unpaired) electrons. The molecule has 0 aliphatic carbocycles. The summed E-state index contributed by atoms with van der Waals surface area (Å²) in [5.74, 6) is 1.52. The lowest BCUT2D eigenvalue weighted by atomic mass is 10.2. The average molecular weight is 391 g/mol. The fourth-order valence-corrected chi connectivity index (χ4v) is 3.01. The van der Waals surface area contributed by atoms with Crippen molar-refractivity contribution < 1.29 is 14.3 Å². The lowest BCUT2D eigenvalue weighted by molar-refractivity contribution is 0.0955. The number of ether oxygens (including phenoxy) is 2. The van der Waals surface area contributed by atoms with E-state index in [4.69, 9.17) is 14.7 Å². The molecule has 0 unspecified atom stereocenters. The highest BCUT2D eigenvalue weighted by atomic mass is 16.5. The summed E-state index contributed by atoms with van der Waals surface area (Å²) in [6.07, 6.45) is 1.50. The van der Waals surface area contributed by atoms with Crippen LogP contribution in [-0.2, 0) is 6.54 Å². The van der Waals surface area contributed by atoms with Gasteiger partial charge in [0, 0.05) is 12.1 Å². The molecule has 3 aromatic rings. The zero-order valence-electron chi connectivity index (χ0n) is 16.5. The first-order valence-corrected chi connectivity index (χ1v) is 9.05. The predicted molar refractivity (Wildman–Crippen MR) is 109 cm³/mol. The number of imidazole rings is 1. The van der Waals surface area contributed by atoms with Crippen LogP contribution in [0.15, 0.2) is 41.5 Å². The molecule has 8 nitrogen and oxygen atoms in total. The van der Waals surface area contributed by atoms with Crippen molar-refractivity contribution in [3.63, 3.8) is 0 Å². The highest BCUT2D eigenvalue weighted by molar-refractivity contribution is 5.98. The monoisotopic (exact) mass is 391 g/mol. The zero-order valence-corrected chi connectivity index (χ0v) is 16.5. The van der Waals surface area contributed by atoms with Gasteiger partial charge >= 0.3 is 0 Å². The van der Waals surface area contributed by atoms with E-state index in [9.17, 15) is 4.79 Å². The Hall–Kier alpha value is -3.86. The lowest BCUT2D eigenvalue weighted by Gasteiger charge is -2.08. The smallest absolute Gasteiger partial charge is 0.271 e. The van der Waals surface area contributed by atoms with Crippen molar-refractivity contribution in [3.05, 3.63) is 53.3 Å². The number of nitrogens with one attached hydrogen (secondary N) is 1. The van der Waals surface area contributed by atoms with Crippen LogP contribution in [0.2, 0.25) is 0 Å². The molecule has 8 heteroatoms. The number of carbonyl (C=O) groups excluding carboxylic acids is 1. The van der Waals surface area contributed by atoms with Gasteiger partial charge in [0.05, 0.1) is 24.4 Å². The van der Waals surface area contributed by atoms with Gasteiger partial charge < -0.3 is 14.0 Å². The zero-order chi connectivity index (χ0) is 20.8. The van der Waals surface area contributed by atoms with E-state index in [2.05, 4.69) is 27.0 Å². The molecule has 3 rings (SSSR count). The van der Waals surface area contributed by atoms with Crippen molar-refractivity contribution in [1.82, 2.24) is 15.0 Å². The minimum Gasteiger partial charge on any atom is -0.493 e. The van der Waals surface area contributed by atoms with Crippen LogP contribution in [0.25, 0.3) is 11.0 Å². The Morgan fingerprint density at radius 1 is 1.31 bits per heavy atom. The normalized spacial score (nSPS) is 10.8. The largest absolute Gasteiger partial charge is 0.493 e. The second-order valence-electron chi connectivity index (χ2n) is 6.16. The third-order valence-corrected chi connectivity index (χ3v) is 4.38. The minimum absolute atomic E-state index is 0.0692. The van der Waals surface area contributed by atoms with Gasteiger partial charge in [0.25, 0.3) is 5.91 Å². The van der Waals surface area contributed by atoms with Gasteiger partial charge in [0.15, 0.2) is 18.1 Å². The van der Waals surface area contributed by atoms with Gasteiger partial charge in [-0.15, -0.1) is 0 Å². The van der Waals surface area contributed by atoms with Crippen molar-refractivity contribution >= 4 is 23.2 Å². The fourth-order valence-electron chi connectivity index (χ4n) is 3.01. The highest BCUT2D eigenvalue weighted by Gasteiger charge is 2.10. The van der Waals surface area contributed by atoms with Crippen LogP contribution in [0.4, 0.5) is 0 Å². The summed E-state index contributed by atoms with van der Waals surface area (Å²) < 4.78 is 12.6. The number of hydrogen-bond acceptors (Lipinski definition) is 6. The summed E-state index contributed by atoms with van der Waals surface area (Å²) in [6, 6.07) is 12.4. The number of benzene rings is 2. The topological polar surface area (TPSA) is 102 Å². The summed E-state index contributed by atoms with van der Waals surface area (Å²) in [7, 11) is 1.51. The van der Waals surface area contributed by atoms with Crippen molar-refractivity contribution in [2.24, 2.45) is 5.10 Å². The van der Waals surface area contributed by atoms with Gasteiger partial charge in [0.1, 0.15) is 11.9 Å². The van der Waals surface area contributed by atoms with Crippen LogP contribution >= 0.6 is 0 Å². The highest BCUT2D eigenvalue weighted by Crippen LogP contribution is 2.27. The molecular weight excluding hydrogens is 370 g/mol. The molecule has 148 valence electrons. The number of fused-ring (bicyclic) bond motifs is 1. The van der Waals surface area contributed by atoms with Crippen molar-refractivity contribution in [3.8, 4) is 17.6 Å². The number of rotatable bonds is 7. The third kappa shape index (κ3) is 4.35. The van der Waals surface area contributed by atoms with Crippen LogP contribution in [-0.4, -0.2) is 35.4 Å². The van der Waals surface area contributed by atoms with Crippen molar-refractivity contribution in [2.45, 2.75) is 20.4 Å². The fraction of sp³-hybridized carbons (Fsp3) is 0.238. The minimum atomic E-state index is -0.326. The number of amides is 1. The van der Waals surface area contributed by atoms with Crippen LogP contribution in [0.3, 0.4) is 0 Å². The molecule has 29 heavy (non-hydrogen) atoms. The van der Waals surface area contributed by atoms with E-state index >= 15 is 0 Å². The third-order valence-electron chi connectivity index (χ3n) is 4.38. The molecule has 0 bridgehead atoms. The molecule has 0 fully saturated rings. The van der Waals surface area contributed by atoms with Crippen LogP contribution in [0.1, 0.15) is 28.7 Å². The maximum Gasteiger partial charge on any atom is 0.271 e. The molecule has 1 N–H and O–H groups in total. The number of nitrogens with zero attached hydrogens (tertiary/aromatic N) is 4. The Morgan fingerprint density at radius 3 is 2.86 bits per heavy atom. The molecule has 1 amide bonds. The second-order valence-corrected chi connectivity index (χ2v) is 6.16. The Balaban J connectivity index is 1.71. The number of aryl methyl sites for hydroxylation is 2. The number of hydrazone groups is 1. The molecule has 0 saturated heterocycles. The second kappa shape index (κ2) is 8.89. The number of aromatic nitrogens is 2. The van der Waals surface area contributed by atoms with Gasteiger partial charge in [-0.05, 0) is 55.8 Å². The van der Waals surface area contributed by atoms with Gasteiger partial charge in [-0.25, -0.2) is 10.4 Å². The summed E-state index contributed by atoms with van der Waals surface area (Å²) in [6.45, 7) is 4.75. The number of carbonyl (C=O) groups is 1. The maximum atomic E-state index is 12.4. The van der Waals surface area contributed by atoms with E-state index in [1.54, 1.807) is 30.3 Å². The molecule has 1 aromatic heterocycles. The molecule has 0 aliphatic rings. The van der Waals surface area contributed by atoms with Crippen LogP contribution in [0, 0.1) is 18.3 Å². The summed E-state index contributed by atoms with van der Waals surface area (Å²) >= 11 is 0. The molecule has 1 heterocycles. The SMILES string of the molecule is CCn1c(C)nc2cc(C(=O)N/N=C/c3ccc(OCC#N)c(OC)c3)ccc21. The first-order chi connectivity index (χ1) is 14.1. The van der Waals surface area contributed by atoms with E-state index in [0.717, 1.165) is 23.4 Å². The van der Waals surface area contributed by atoms with Gasteiger partial charge in [-0.3, -0.25) is 4.79 Å². The molecule has 2 aromatic carbocycles. The summed E-state index contributed by atoms with van der Waals surface area (Å²) in [5, 5.41) is 12.6. The molecule has 0 aliphatic heterocycles. The van der Waals surface area contributed by atoms with E-state index < -0.39 is 0 Å². The van der Waals surface area contributed by atoms with Crippen molar-refractivity contribution in [2.75, 3.05) is 13.7 Å². The first-order valence-electron chi connectivity index (χ1n) is 9.05. The van der Waals surface area contributed by atoms with Gasteiger partial charge in [-0.2, -0.15) is 10.4 Å². The number of methoxy groups -OCH3 is 1. The van der Waals surface area contributed by atoms with Gasteiger partial charge in [-0.1, -0.05) is 0 Å². The first kappa shape index (κ1) is 19.9. The van der Waals surface area contributed by atoms with E-state index in [1.807, 2.05) is 19.1 Å². The summed E-state index contributed by atoms with van der Waals surface area (Å²) in [5.41, 5.74) is 5.47. The molecule has 0 atom stereocenters. The maximum absolute atomic E-state index is 12.4. The Labute approximate surface area is 168 Å². The van der Waals surface area contributed by atoms with Crippen LogP contribution in [0.5, 0.6) is 11.5 Å².